The van der Waals surface area contributed by atoms with Gasteiger partial charge in [-0.2, -0.15) is 5.10 Å². The number of anilines is 1. The molecule has 7 nitrogen and oxygen atoms in total. The third-order valence-corrected chi connectivity index (χ3v) is 2.51. The Morgan fingerprint density at radius 3 is 3.06 bits per heavy atom. The molecule has 7 heteroatoms. The second-order valence-electron chi connectivity index (χ2n) is 3.89. The predicted octanol–water partition coefficient (Wildman–Crippen LogP) is -0.942. The lowest BCUT2D eigenvalue weighted by molar-refractivity contribution is 0.00971. The van der Waals surface area contributed by atoms with Crippen molar-refractivity contribution in [1.82, 2.24) is 19.9 Å². The van der Waals surface area contributed by atoms with E-state index in [1.165, 1.54) is 10.7 Å². The molecular weight excluding hydrogens is 222 g/mol. The summed E-state index contributed by atoms with van der Waals surface area (Å²) < 4.78 is 1.47. The van der Waals surface area contributed by atoms with Crippen LogP contribution in [-0.2, 0) is 5.72 Å². The van der Waals surface area contributed by atoms with Gasteiger partial charge in [0.15, 0.2) is 11.4 Å². The lowest BCUT2D eigenvalue weighted by Crippen LogP contribution is -2.42. The minimum absolute atomic E-state index is 0.0639. The molecule has 17 heavy (non-hydrogen) atoms. The molecule has 0 amide bonds. The minimum atomic E-state index is -1.32. The summed E-state index contributed by atoms with van der Waals surface area (Å²) in [6.45, 7) is 1.79. The highest BCUT2D eigenvalue weighted by molar-refractivity contribution is 5.63. The van der Waals surface area contributed by atoms with Crippen LogP contribution in [0.1, 0.15) is 12.6 Å². The van der Waals surface area contributed by atoms with Gasteiger partial charge in [-0.05, 0) is 13.0 Å². The summed E-state index contributed by atoms with van der Waals surface area (Å²) in [4.78, 5) is 4.08. The highest BCUT2D eigenvalue weighted by Gasteiger charge is 2.26. The standard InChI is InChI=1S/C10H15N5O2/c1-10(17,13-4-5-16)8-2-3-12-9-7(11)6-14-15(8)9/h2-3,6,13,16-17H,4-5,11H2,1H3. The van der Waals surface area contributed by atoms with Crippen LogP contribution in [0.15, 0.2) is 18.5 Å². The van der Waals surface area contributed by atoms with Crippen LogP contribution < -0.4 is 11.1 Å². The second-order valence-corrected chi connectivity index (χ2v) is 3.89. The monoisotopic (exact) mass is 237 g/mol. The van der Waals surface area contributed by atoms with Gasteiger partial charge in [0, 0.05) is 12.7 Å². The molecule has 0 fully saturated rings. The maximum Gasteiger partial charge on any atom is 0.178 e. The van der Waals surface area contributed by atoms with Crippen molar-refractivity contribution in [2.45, 2.75) is 12.6 Å². The number of aromatic nitrogens is 3. The third-order valence-electron chi connectivity index (χ3n) is 2.51. The van der Waals surface area contributed by atoms with Crippen LogP contribution in [0.4, 0.5) is 5.69 Å². The molecule has 0 aliphatic heterocycles. The molecule has 0 bridgehead atoms. The summed E-state index contributed by atoms with van der Waals surface area (Å²) in [5.41, 5.74) is 5.83. The van der Waals surface area contributed by atoms with Crippen LogP contribution in [0.5, 0.6) is 0 Å². The number of fused-ring (bicyclic) bond motifs is 1. The Labute approximate surface area is 97.9 Å². The van der Waals surface area contributed by atoms with Crippen molar-refractivity contribution in [2.75, 3.05) is 18.9 Å². The molecule has 0 aliphatic carbocycles. The summed E-state index contributed by atoms with van der Waals surface area (Å²) in [6.07, 6.45) is 3.03. The lowest BCUT2D eigenvalue weighted by atomic mass is 10.1. The van der Waals surface area contributed by atoms with Gasteiger partial charge in [0.1, 0.15) is 0 Å². The fourth-order valence-electron chi connectivity index (χ4n) is 1.67. The van der Waals surface area contributed by atoms with E-state index in [4.69, 9.17) is 10.8 Å². The van der Waals surface area contributed by atoms with Gasteiger partial charge in [-0.15, -0.1) is 0 Å². The fraction of sp³-hybridized carbons (Fsp3) is 0.400. The number of hydrogen-bond acceptors (Lipinski definition) is 6. The normalized spacial score (nSPS) is 15.0. The Hall–Kier alpha value is -1.70. The molecular formula is C10H15N5O2. The molecule has 0 aliphatic rings. The second kappa shape index (κ2) is 4.28. The molecule has 2 rings (SSSR count). The molecule has 0 saturated heterocycles. The maximum absolute atomic E-state index is 10.3. The summed E-state index contributed by atoms with van der Waals surface area (Å²) >= 11 is 0. The largest absolute Gasteiger partial charge is 0.395 e. The van der Waals surface area contributed by atoms with E-state index >= 15 is 0 Å². The topological polar surface area (TPSA) is 109 Å². The van der Waals surface area contributed by atoms with Gasteiger partial charge in [-0.25, -0.2) is 9.50 Å². The van der Waals surface area contributed by atoms with Gasteiger partial charge >= 0.3 is 0 Å². The minimum Gasteiger partial charge on any atom is -0.395 e. The Balaban J connectivity index is 2.47. The number of aliphatic hydroxyl groups is 2. The number of hydrogen-bond donors (Lipinski definition) is 4. The first-order valence-corrected chi connectivity index (χ1v) is 5.23. The van der Waals surface area contributed by atoms with Crippen molar-refractivity contribution >= 4 is 11.3 Å². The van der Waals surface area contributed by atoms with E-state index in [1.54, 1.807) is 19.2 Å². The lowest BCUT2D eigenvalue weighted by Gasteiger charge is -2.25. The van der Waals surface area contributed by atoms with E-state index in [-0.39, 0.29) is 13.2 Å². The Morgan fingerprint density at radius 1 is 1.59 bits per heavy atom. The third kappa shape index (κ3) is 2.07. The van der Waals surface area contributed by atoms with Gasteiger partial charge in [0.05, 0.1) is 24.2 Å². The maximum atomic E-state index is 10.3. The van der Waals surface area contributed by atoms with E-state index < -0.39 is 5.72 Å². The number of rotatable bonds is 4. The number of nitrogen functional groups attached to an aromatic ring is 1. The van der Waals surface area contributed by atoms with E-state index in [2.05, 4.69) is 15.4 Å². The molecule has 0 saturated carbocycles. The molecule has 0 spiro atoms. The van der Waals surface area contributed by atoms with Crippen LogP contribution >= 0.6 is 0 Å². The zero-order valence-corrected chi connectivity index (χ0v) is 9.46. The summed E-state index contributed by atoms with van der Waals surface area (Å²) in [5, 5.41) is 25.9. The van der Waals surface area contributed by atoms with Crippen LogP contribution in [0, 0.1) is 0 Å². The van der Waals surface area contributed by atoms with Crippen molar-refractivity contribution in [3.63, 3.8) is 0 Å². The average molecular weight is 237 g/mol. The molecule has 2 aromatic heterocycles. The Bertz CT molecular complexity index is 522. The van der Waals surface area contributed by atoms with Crippen LogP contribution in [0.3, 0.4) is 0 Å². The van der Waals surface area contributed by atoms with Gasteiger partial charge in [0.2, 0.25) is 0 Å². The molecule has 2 heterocycles. The van der Waals surface area contributed by atoms with Gasteiger partial charge in [0.25, 0.3) is 0 Å². The van der Waals surface area contributed by atoms with Gasteiger partial charge < -0.3 is 15.9 Å². The van der Waals surface area contributed by atoms with Crippen LogP contribution in [0.25, 0.3) is 5.65 Å². The fourth-order valence-corrected chi connectivity index (χ4v) is 1.67. The zero-order chi connectivity index (χ0) is 12.5. The van der Waals surface area contributed by atoms with Crippen molar-refractivity contribution in [2.24, 2.45) is 0 Å². The Kier molecular flexibility index (Phi) is 2.97. The smallest absolute Gasteiger partial charge is 0.178 e. The zero-order valence-electron chi connectivity index (χ0n) is 9.46. The number of nitrogens with one attached hydrogen (secondary N) is 1. The van der Waals surface area contributed by atoms with Crippen LogP contribution in [-0.4, -0.2) is 38.0 Å². The SMILES string of the molecule is CC(O)(NCCO)c1ccnc2c(N)cnn12. The van der Waals surface area contributed by atoms with E-state index in [9.17, 15) is 5.11 Å². The summed E-state index contributed by atoms with van der Waals surface area (Å²) in [5.74, 6) is 0. The highest BCUT2D eigenvalue weighted by atomic mass is 16.3. The summed E-state index contributed by atoms with van der Waals surface area (Å²) in [7, 11) is 0. The van der Waals surface area contributed by atoms with Crippen LogP contribution in [0.2, 0.25) is 0 Å². The first kappa shape index (κ1) is 11.8. The van der Waals surface area contributed by atoms with E-state index in [0.29, 0.717) is 17.0 Å². The summed E-state index contributed by atoms with van der Waals surface area (Å²) in [6, 6.07) is 1.64. The molecule has 1 unspecified atom stereocenters. The quantitative estimate of drug-likeness (QED) is 0.511. The van der Waals surface area contributed by atoms with E-state index in [0.717, 1.165) is 0 Å². The van der Waals surface area contributed by atoms with Crippen molar-refractivity contribution in [3.05, 3.63) is 24.2 Å². The average Bonchev–Trinajstić information content (AvgIpc) is 2.69. The van der Waals surface area contributed by atoms with Crippen molar-refractivity contribution in [3.8, 4) is 0 Å². The Morgan fingerprint density at radius 2 is 2.35 bits per heavy atom. The number of nitrogens with two attached hydrogens (primary N) is 1. The highest BCUT2D eigenvalue weighted by Crippen LogP contribution is 2.19. The molecule has 0 aromatic carbocycles. The van der Waals surface area contributed by atoms with Gasteiger partial charge in [-0.3, -0.25) is 5.32 Å². The molecule has 1 atom stereocenters. The molecule has 2 aromatic rings. The molecule has 92 valence electrons. The first-order valence-electron chi connectivity index (χ1n) is 5.23. The van der Waals surface area contributed by atoms with Crippen molar-refractivity contribution in [1.29, 1.82) is 0 Å². The van der Waals surface area contributed by atoms with Gasteiger partial charge in [-0.1, -0.05) is 0 Å². The van der Waals surface area contributed by atoms with Crippen molar-refractivity contribution < 1.29 is 10.2 Å². The first-order chi connectivity index (χ1) is 8.06. The number of nitrogens with zero attached hydrogens (tertiary/aromatic N) is 3. The molecule has 0 radical (unpaired) electrons. The van der Waals surface area contributed by atoms with E-state index in [1.807, 2.05) is 0 Å². The number of aliphatic hydroxyl groups excluding tert-OH is 1. The predicted molar refractivity (Wildman–Crippen MR) is 62.1 cm³/mol. The molecule has 5 N–H and O–H groups in total.